The number of benzene rings is 1. The van der Waals surface area contributed by atoms with Gasteiger partial charge in [-0.2, -0.15) is 13.2 Å². The normalized spacial score (nSPS) is 20.7. The van der Waals surface area contributed by atoms with E-state index in [-0.39, 0.29) is 5.75 Å². The lowest BCUT2D eigenvalue weighted by Gasteiger charge is -2.11. The van der Waals surface area contributed by atoms with E-state index in [4.69, 9.17) is 0 Å². The zero-order valence-corrected chi connectivity index (χ0v) is 10.9. The molecule has 1 aliphatic heterocycles. The molecule has 106 valence electrons. The first-order chi connectivity index (χ1) is 8.79. The van der Waals surface area contributed by atoms with Gasteiger partial charge in [-0.15, -0.1) is 0 Å². The van der Waals surface area contributed by atoms with Crippen molar-refractivity contribution in [1.29, 1.82) is 0 Å². The third kappa shape index (κ3) is 3.48. The molecule has 1 N–H and O–H groups in total. The van der Waals surface area contributed by atoms with E-state index < -0.39 is 26.8 Å². The molecule has 0 radical (unpaired) electrons. The predicted octanol–water partition coefficient (Wildman–Crippen LogP) is 1.98. The molecular formula is C12H14F3NO2S. The van der Waals surface area contributed by atoms with Crippen molar-refractivity contribution in [3.8, 4) is 0 Å². The summed E-state index contributed by atoms with van der Waals surface area (Å²) in [6, 6.07) is 4.28. The van der Waals surface area contributed by atoms with Crippen LogP contribution < -0.4 is 5.32 Å². The van der Waals surface area contributed by atoms with Crippen molar-refractivity contribution < 1.29 is 21.6 Å². The average molecular weight is 293 g/mol. The van der Waals surface area contributed by atoms with Gasteiger partial charge in [0, 0.05) is 6.54 Å². The summed E-state index contributed by atoms with van der Waals surface area (Å²) in [7, 11) is -3.31. The van der Waals surface area contributed by atoms with Crippen molar-refractivity contribution in [2.24, 2.45) is 0 Å². The maximum atomic E-state index is 12.4. The Morgan fingerprint density at radius 3 is 2.32 bits per heavy atom. The quantitative estimate of drug-likeness (QED) is 0.927. The van der Waals surface area contributed by atoms with E-state index in [1.807, 2.05) is 0 Å². The number of sulfone groups is 1. The predicted molar refractivity (Wildman–Crippen MR) is 65.3 cm³/mol. The smallest absolute Gasteiger partial charge is 0.315 e. The fraction of sp³-hybridized carbons (Fsp3) is 0.500. The van der Waals surface area contributed by atoms with Gasteiger partial charge in [0.15, 0.2) is 9.84 Å². The molecule has 0 aromatic heterocycles. The molecular weight excluding hydrogens is 279 g/mol. The first kappa shape index (κ1) is 14.3. The topological polar surface area (TPSA) is 46.2 Å². The minimum Gasteiger partial charge on any atom is -0.315 e. The number of halogens is 3. The van der Waals surface area contributed by atoms with Gasteiger partial charge in [0.25, 0.3) is 0 Å². The Morgan fingerprint density at radius 2 is 1.84 bits per heavy atom. The first-order valence-electron chi connectivity index (χ1n) is 5.87. The average Bonchev–Trinajstić information content (AvgIpc) is 2.82. The molecule has 1 saturated heterocycles. The van der Waals surface area contributed by atoms with Crippen LogP contribution in [0.5, 0.6) is 0 Å². The third-order valence-corrected chi connectivity index (χ3v) is 5.33. The summed E-state index contributed by atoms with van der Waals surface area (Å²) in [4.78, 5) is 0. The molecule has 0 spiro atoms. The largest absolute Gasteiger partial charge is 0.416 e. The fourth-order valence-electron chi connectivity index (χ4n) is 2.07. The number of alkyl halides is 3. The number of hydrogen-bond acceptors (Lipinski definition) is 3. The molecule has 1 unspecified atom stereocenters. The van der Waals surface area contributed by atoms with Crippen molar-refractivity contribution in [1.82, 2.24) is 5.32 Å². The summed E-state index contributed by atoms with van der Waals surface area (Å²) in [6.45, 7) is 1.08. The van der Waals surface area contributed by atoms with Crippen LogP contribution in [0.4, 0.5) is 13.2 Å². The molecule has 0 aliphatic carbocycles. The molecule has 0 saturated carbocycles. The standard InChI is InChI=1S/C12H14F3NO2S/c13-12(14,15)10-3-1-9(2-4-10)8-19(17,18)11-5-6-16-7-11/h1-4,11,16H,5-8H2. The highest BCUT2D eigenvalue weighted by Crippen LogP contribution is 2.29. The minimum atomic E-state index is -4.40. The Morgan fingerprint density at radius 1 is 1.21 bits per heavy atom. The summed E-state index contributed by atoms with van der Waals surface area (Å²) in [6.07, 6.45) is -3.84. The van der Waals surface area contributed by atoms with E-state index in [9.17, 15) is 21.6 Å². The van der Waals surface area contributed by atoms with Gasteiger partial charge in [0.05, 0.1) is 16.6 Å². The van der Waals surface area contributed by atoms with Crippen LogP contribution in [0.25, 0.3) is 0 Å². The van der Waals surface area contributed by atoms with Gasteiger partial charge in [-0.05, 0) is 30.7 Å². The monoisotopic (exact) mass is 293 g/mol. The van der Waals surface area contributed by atoms with Crippen molar-refractivity contribution in [3.05, 3.63) is 35.4 Å². The summed E-state index contributed by atoms with van der Waals surface area (Å²) >= 11 is 0. The molecule has 1 aliphatic rings. The van der Waals surface area contributed by atoms with Gasteiger partial charge in [-0.3, -0.25) is 0 Å². The highest BCUT2D eigenvalue weighted by molar-refractivity contribution is 7.91. The molecule has 1 aromatic rings. The maximum Gasteiger partial charge on any atom is 0.416 e. The van der Waals surface area contributed by atoms with Crippen LogP contribution in [0.3, 0.4) is 0 Å². The molecule has 1 heterocycles. The minimum absolute atomic E-state index is 0.211. The fourth-order valence-corrected chi connectivity index (χ4v) is 3.82. The van der Waals surface area contributed by atoms with Gasteiger partial charge < -0.3 is 5.32 Å². The Bertz CT molecular complexity index is 531. The number of nitrogens with one attached hydrogen (secondary N) is 1. The summed E-state index contributed by atoms with van der Waals surface area (Å²) < 4.78 is 61.2. The van der Waals surface area contributed by atoms with Crippen LogP contribution in [0, 0.1) is 0 Å². The molecule has 7 heteroatoms. The van der Waals surface area contributed by atoms with Gasteiger partial charge in [-0.25, -0.2) is 8.42 Å². The molecule has 1 atom stereocenters. The Hall–Kier alpha value is -1.08. The second-order valence-electron chi connectivity index (χ2n) is 4.62. The summed E-state index contributed by atoms with van der Waals surface area (Å²) in [5.74, 6) is -0.211. The van der Waals surface area contributed by atoms with Crippen LogP contribution in [-0.2, 0) is 21.8 Å². The number of rotatable bonds is 3. The van der Waals surface area contributed by atoms with E-state index >= 15 is 0 Å². The number of hydrogen-bond donors (Lipinski definition) is 1. The first-order valence-corrected chi connectivity index (χ1v) is 7.59. The second-order valence-corrected chi connectivity index (χ2v) is 6.90. The molecule has 2 rings (SSSR count). The lowest BCUT2D eigenvalue weighted by molar-refractivity contribution is -0.137. The van der Waals surface area contributed by atoms with Crippen LogP contribution in [-0.4, -0.2) is 26.8 Å². The zero-order valence-electron chi connectivity index (χ0n) is 10.1. The Balaban J connectivity index is 2.11. The van der Waals surface area contributed by atoms with Crippen molar-refractivity contribution >= 4 is 9.84 Å². The maximum absolute atomic E-state index is 12.4. The van der Waals surface area contributed by atoms with Crippen LogP contribution in [0.1, 0.15) is 17.5 Å². The summed E-state index contributed by atoms with van der Waals surface area (Å²) in [5.41, 5.74) is -0.379. The molecule has 3 nitrogen and oxygen atoms in total. The third-order valence-electron chi connectivity index (χ3n) is 3.17. The lowest BCUT2D eigenvalue weighted by Crippen LogP contribution is -2.25. The van der Waals surface area contributed by atoms with E-state index in [1.165, 1.54) is 12.1 Å². The highest BCUT2D eigenvalue weighted by atomic mass is 32.2. The lowest BCUT2D eigenvalue weighted by atomic mass is 10.1. The van der Waals surface area contributed by atoms with E-state index in [2.05, 4.69) is 5.32 Å². The van der Waals surface area contributed by atoms with E-state index in [0.29, 0.717) is 25.1 Å². The van der Waals surface area contributed by atoms with Crippen molar-refractivity contribution in [2.75, 3.05) is 13.1 Å². The van der Waals surface area contributed by atoms with E-state index in [0.717, 1.165) is 12.1 Å². The Kier molecular flexibility index (Phi) is 3.87. The molecule has 1 aromatic carbocycles. The molecule has 0 amide bonds. The SMILES string of the molecule is O=S(=O)(Cc1ccc(C(F)(F)F)cc1)C1CCNC1. The van der Waals surface area contributed by atoms with Crippen LogP contribution >= 0.6 is 0 Å². The Labute approximate surface area is 109 Å². The molecule has 19 heavy (non-hydrogen) atoms. The molecule has 0 bridgehead atoms. The van der Waals surface area contributed by atoms with Crippen LogP contribution in [0.2, 0.25) is 0 Å². The van der Waals surface area contributed by atoms with Crippen molar-refractivity contribution in [2.45, 2.75) is 23.6 Å². The van der Waals surface area contributed by atoms with Gasteiger partial charge >= 0.3 is 6.18 Å². The van der Waals surface area contributed by atoms with Gasteiger partial charge in [0.1, 0.15) is 0 Å². The second kappa shape index (κ2) is 5.13. The highest BCUT2D eigenvalue weighted by Gasteiger charge is 2.31. The molecule has 1 fully saturated rings. The zero-order chi connectivity index (χ0) is 14.1. The van der Waals surface area contributed by atoms with Gasteiger partial charge in [-0.1, -0.05) is 12.1 Å². The van der Waals surface area contributed by atoms with E-state index in [1.54, 1.807) is 0 Å². The van der Waals surface area contributed by atoms with Gasteiger partial charge in [0.2, 0.25) is 0 Å². The summed E-state index contributed by atoms with van der Waals surface area (Å²) in [5, 5.41) is 2.53. The van der Waals surface area contributed by atoms with Crippen molar-refractivity contribution in [3.63, 3.8) is 0 Å². The van der Waals surface area contributed by atoms with Crippen LogP contribution in [0.15, 0.2) is 24.3 Å².